The molecule has 0 bridgehead atoms. The molecular weight excluding hydrogens is 638 g/mol. The van der Waals surface area contributed by atoms with E-state index in [1.807, 2.05) is 164 Å². The van der Waals surface area contributed by atoms with Crippen LogP contribution in [0.1, 0.15) is 0 Å². The molecule has 234 valence electrons. The van der Waals surface area contributed by atoms with Crippen LogP contribution >= 0.6 is 14.3 Å². The lowest BCUT2D eigenvalue weighted by Gasteiger charge is -2.23. The maximum Gasteiger partial charge on any atom is 0.171 e. The monoisotopic (exact) mass is 668 g/mol. The van der Waals surface area contributed by atoms with E-state index in [9.17, 15) is 0 Å². The molecule has 2 aromatic heterocycles. The third kappa shape index (κ3) is 4.49. The standard InChI is InChI=1S/C43H30N2O2P2/c46-48(31-16-5-1-6-17-31,32-18-7-2-8-19-32)35-28-29-40-38(30-35)44-43-37-25-15-27-41(42(37)36-24-13-14-26-39(36)45(40)43)49(47,33-20-9-3-10-21-33)34-22-11-4-12-23-34/h1-30H. The van der Waals surface area contributed by atoms with Crippen molar-refractivity contribution < 1.29 is 9.13 Å². The van der Waals surface area contributed by atoms with Gasteiger partial charge in [0.05, 0.1) is 16.6 Å². The van der Waals surface area contributed by atoms with Gasteiger partial charge >= 0.3 is 0 Å². The number of rotatable bonds is 6. The molecule has 9 rings (SSSR count). The van der Waals surface area contributed by atoms with E-state index in [2.05, 4.69) is 22.6 Å². The van der Waals surface area contributed by atoms with Crippen LogP contribution in [-0.4, -0.2) is 9.38 Å². The minimum atomic E-state index is -3.31. The van der Waals surface area contributed by atoms with E-state index in [1.54, 1.807) is 0 Å². The largest absolute Gasteiger partial charge is 0.309 e. The fourth-order valence-corrected chi connectivity index (χ4v) is 12.8. The molecule has 0 aliphatic rings. The van der Waals surface area contributed by atoms with Gasteiger partial charge < -0.3 is 9.13 Å². The number of aromatic nitrogens is 2. The Morgan fingerprint density at radius 1 is 0.408 bits per heavy atom. The SMILES string of the molecule is O=P(c1ccccc1)(c1ccccc1)c1ccc2c(c1)nc1c3cccc(P(=O)(c4ccccc4)c4ccccc4)c3c3ccccc3n21. The van der Waals surface area contributed by atoms with Crippen LogP contribution in [0.3, 0.4) is 0 Å². The second-order valence-corrected chi connectivity index (χ2v) is 17.7. The molecule has 0 fully saturated rings. The molecule has 0 radical (unpaired) electrons. The smallest absolute Gasteiger partial charge is 0.171 e. The van der Waals surface area contributed by atoms with Crippen LogP contribution in [0, 0.1) is 0 Å². The summed E-state index contributed by atoms with van der Waals surface area (Å²) in [6.07, 6.45) is 0. The van der Waals surface area contributed by atoms with Gasteiger partial charge in [-0.1, -0.05) is 158 Å². The van der Waals surface area contributed by atoms with Gasteiger partial charge in [0, 0.05) is 48.0 Å². The maximum absolute atomic E-state index is 15.8. The average Bonchev–Trinajstić information content (AvgIpc) is 3.58. The highest BCUT2D eigenvalue weighted by Gasteiger charge is 2.33. The molecule has 0 saturated carbocycles. The Hall–Kier alpha value is -5.53. The van der Waals surface area contributed by atoms with Crippen LogP contribution in [0.2, 0.25) is 0 Å². The Kier molecular flexibility index (Phi) is 6.99. The number of imidazole rings is 1. The van der Waals surface area contributed by atoms with Gasteiger partial charge in [0.25, 0.3) is 0 Å². The first-order valence-corrected chi connectivity index (χ1v) is 19.7. The molecule has 0 aliphatic carbocycles. The Morgan fingerprint density at radius 3 is 1.47 bits per heavy atom. The number of fused-ring (bicyclic) bond motifs is 8. The van der Waals surface area contributed by atoms with E-state index < -0.39 is 14.3 Å². The molecule has 9 aromatic rings. The Labute approximate surface area is 284 Å². The summed E-state index contributed by atoms with van der Waals surface area (Å²) in [4.78, 5) is 5.28. The molecule has 0 saturated heterocycles. The van der Waals surface area contributed by atoms with Crippen LogP contribution < -0.4 is 31.8 Å². The van der Waals surface area contributed by atoms with Crippen molar-refractivity contribution in [1.29, 1.82) is 0 Å². The minimum absolute atomic E-state index is 0.729. The lowest BCUT2D eigenvalue weighted by atomic mass is 10.1. The highest BCUT2D eigenvalue weighted by molar-refractivity contribution is 7.86. The molecule has 2 heterocycles. The van der Waals surface area contributed by atoms with Gasteiger partial charge in [-0.25, -0.2) is 4.98 Å². The van der Waals surface area contributed by atoms with Gasteiger partial charge in [-0.05, 0) is 24.3 Å². The zero-order valence-electron chi connectivity index (χ0n) is 26.4. The summed E-state index contributed by atoms with van der Waals surface area (Å²) in [5.74, 6) is 0. The van der Waals surface area contributed by atoms with Crippen molar-refractivity contribution in [1.82, 2.24) is 9.38 Å². The zero-order chi connectivity index (χ0) is 33.0. The van der Waals surface area contributed by atoms with Gasteiger partial charge in [-0.15, -0.1) is 0 Å². The van der Waals surface area contributed by atoms with Gasteiger partial charge in [0.2, 0.25) is 0 Å². The summed E-state index contributed by atoms with van der Waals surface area (Å²) in [6.45, 7) is 0. The summed E-state index contributed by atoms with van der Waals surface area (Å²) in [5, 5.41) is 7.48. The van der Waals surface area contributed by atoms with E-state index >= 15 is 9.13 Å². The van der Waals surface area contributed by atoms with E-state index in [0.717, 1.165) is 70.2 Å². The predicted molar refractivity (Wildman–Crippen MR) is 206 cm³/mol. The number of hydrogen-bond acceptors (Lipinski definition) is 3. The molecule has 0 spiro atoms. The summed E-state index contributed by atoms with van der Waals surface area (Å²) < 4.78 is 33.2. The van der Waals surface area contributed by atoms with Gasteiger partial charge in [0.15, 0.2) is 14.3 Å². The van der Waals surface area contributed by atoms with Crippen LogP contribution in [0.25, 0.3) is 38.4 Å². The van der Waals surface area contributed by atoms with Crippen molar-refractivity contribution in [3.63, 3.8) is 0 Å². The quantitative estimate of drug-likeness (QED) is 0.133. The molecular formula is C43H30N2O2P2. The minimum Gasteiger partial charge on any atom is -0.309 e. The molecule has 0 aliphatic heterocycles. The van der Waals surface area contributed by atoms with Crippen molar-refractivity contribution >= 4 is 84.5 Å². The maximum atomic E-state index is 15.8. The van der Waals surface area contributed by atoms with Gasteiger partial charge in [-0.3, -0.25) is 4.40 Å². The number of hydrogen-bond donors (Lipinski definition) is 0. The molecule has 4 nitrogen and oxygen atoms in total. The van der Waals surface area contributed by atoms with Crippen LogP contribution in [0.15, 0.2) is 182 Å². The number of para-hydroxylation sites is 1. The first-order chi connectivity index (χ1) is 24.1. The molecule has 49 heavy (non-hydrogen) atoms. The van der Waals surface area contributed by atoms with Crippen LogP contribution in [-0.2, 0) is 9.13 Å². The fraction of sp³-hybridized carbons (Fsp3) is 0. The van der Waals surface area contributed by atoms with Crippen molar-refractivity contribution in [2.75, 3.05) is 0 Å². The lowest BCUT2D eigenvalue weighted by molar-refractivity contribution is 0.591. The number of pyridine rings is 1. The summed E-state index contributed by atoms with van der Waals surface area (Å²) >= 11 is 0. The van der Waals surface area contributed by atoms with Gasteiger partial charge in [-0.2, -0.15) is 0 Å². The Morgan fingerprint density at radius 2 is 0.898 bits per heavy atom. The summed E-state index contributed by atoms with van der Waals surface area (Å²) in [6, 6.07) is 59.4. The van der Waals surface area contributed by atoms with Gasteiger partial charge in [0.1, 0.15) is 5.65 Å². The first kappa shape index (κ1) is 29.6. The topological polar surface area (TPSA) is 51.4 Å². The number of nitrogens with zero attached hydrogens (tertiary/aromatic N) is 2. The second kappa shape index (κ2) is 11.6. The first-order valence-electron chi connectivity index (χ1n) is 16.3. The Balaban J connectivity index is 1.37. The zero-order valence-corrected chi connectivity index (χ0v) is 28.2. The van der Waals surface area contributed by atoms with E-state index in [-0.39, 0.29) is 0 Å². The summed E-state index contributed by atoms with van der Waals surface area (Å²) in [7, 11) is -6.52. The van der Waals surface area contributed by atoms with E-state index in [1.165, 1.54) is 0 Å². The summed E-state index contributed by atoms with van der Waals surface area (Å²) in [5.41, 5.74) is 3.41. The molecule has 0 N–H and O–H groups in total. The molecule has 6 heteroatoms. The predicted octanol–water partition coefficient (Wildman–Crippen LogP) is 8.07. The van der Waals surface area contributed by atoms with Crippen LogP contribution in [0.5, 0.6) is 0 Å². The lowest BCUT2D eigenvalue weighted by Crippen LogP contribution is -2.25. The fourth-order valence-electron chi connectivity index (χ4n) is 7.27. The average molecular weight is 669 g/mol. The molecule has 7 aromatic carbocycles. The van der Waals surface area contributed by atoms with Crippen LogP contribution in [0.4, 0.5) is 0 Å². The number of benzene rings is 7. The molecule has 0 amide bonds. The Bertz CT molecular complexity index is 2680. The van der Waals surface area contributed by atoms with Crippen molar-refractivity contribution in [2.24, 2.45) is 0 Å². The highest BCUT2D eigenvalue weighted by atomic mass is 31.2. The van der Waals surface area contributed by atoms with Crippen molar-refractivity contribution in [2.45, 2.75) is 0 Å². The highest BCUT2D eigenvalue weighted by Crippen LogP contribution is 2.47. The molecule has 0 atom stereocenters. The molecule has 0 unspecified atom stereocenters. The van der Waals surface area contributed by atoms with E-state index in [0.29, 0.717) is 0 Å². The third-order valence-corrected chi connectivity index (χ3v) is 15.7. The third-order valence-electron chi connectivity index (χ3n) is 9.52. The van der Waals surface area contributed by atoms with E-state index in [4.69, 9.17) is 4.98 Å². The van der Waals surface area contributed by atoms with Crippen molar-refractivity contribution in [3.05, 3.63) is 182 Å². The van der Waals surface area contributed by atoms with Crippen molar-refractivity contribution in [3.8, 4) is 0 Å². The normalized spacial score (nSPS) is 12.2. The second-order valence-electron chi connectivity index (χ2n) is 12.2.